The lowest BCUT2D eigenvalue weighted by molar-refractivity contribution is 0.857. The first-order valence-electron chi connectivity index (χ1n) is 7.07. The Bertz CT molecular complexity index is 555. The van der Waals surface area contributed by atoms with Gasteiger partial charge >= 0.3 is 0 Å². The van der Waals surface area contributed by atoms with Gasteiger partial charge in [-0.25, -0.2) is 0 Å². The number of nitrogens with one attached hydrogen (secondary N) is 2. The molecule has 6 nitrogen and oxygen atoms in total. The van der Waals surface area contributed by atoms with Gasteiger partial charge in [0.05, 0.1) is 6.04 Å². The molecule has 0 radical (unpaired) electrons. The lowest BCUT2D eigenvalue weighted by Crippen LogP contribution is -2.18. The number of anilines is 3. The first kappa shape index (κ1) is 15.5. The molecule has 0 bridgehead atoms. The number of thiophene rings is 1. The molecular formula is C14H22N6S. The number of rotatable bonds is 7. The molecule has 21 heavy (non-hydrogen) atoms. The van der Waals surface area contributed by atoms with Crippen molar-refractivity contribution in [1.29, 1.82) is 0 Å². The fourth-order valence-electron chi connectivity index (χ4n) is 1.75. The van der Waals surface area contributed by atoms with Crippen molar-refractivity contribution in [2.45, 2.75) is 26.3 Å². The minimum absolute atomic E-state index is 0.168. The van der Waals surface area contributed by atoms with Gasteiger partial charge in [0.1, 0.15) is 0 Å². The Kier molecular flexibility index (Phi) is 5.32. The van der Waals surface area contributed by atoms with Crippen LogP contribution in [0.15, 0.2) is 17.5 Å². The summed E-state index contributed by atoms with van der Waals surface area (Å²) in [4.78, 5) is 16.4. The molecule has 0 aliphatic heterocycles. The molecule has 0 aromatic carbocycles. The zero-order valence-corrected chi connectivity index (χ0v) is 13.7. The number of nitrogens with zero attached hydrogens (tertiary/aromatic N) is 4. The van der Waals surface area contributed by atoms with E-state index in [1.165, 1.54) is 4.88 Å². The highest BCUT2D eigenvalue weighted by Crippen LogP contribution is 2.22. The summed E-state index contributed by atoms with van der Waals surface area (Å²) >= 11 is 1.72. The average Bonchev–Trinajstić information content (AvgIpc) is 2.99. The van der Waals surface area contributed by atoms with Gasteiger partial charge in [0.25, 0.3) is 0 Å². The van der Waals surface area contributed by atoms with Crippen LogP contribution in [0, 0.1) is 0 Å². The van der Waals surface area contributed by atoms with Crippen LogP contribution in [-0.4, -0.2) is 35.6 Å². The van der Waals surface area contributed by atoms with Crippen LogP contribution in [0.5, 0.6) is 0 Å². The van der Waals surface area contributed by atoms with Crippen molar-refractivity contribution in [3.8, 4) is 0 Å². The molecule has 0 aliphatic carbocycles. The van der Waals surface area contributed by atoms with Gasteiger partial charge in [-0.05, 0) is 24.8 Å². The average molecular weight is 306 g/mol. The van der Waals surface area contributed by atoms with Crippen molar-refractivity contribution in [3.63, 3.8) is 0 Å². The summed E-state index contributed by atoms with van der Waals surface area (Å²) in [6.45, 7) is 5.06. The third-order valence-corrected chi connectivity index (χ3v) is 3.93. The second-order valence-corrected chi connectivity index (χ2v) is 5.96. The standard InChI is InChI=1S/C14H22N6S/c1-5-8-15-12-17-13(19-14(18-12)20(3)4)16-10(2)11-7-6-9-21-11/h6-7,9-10H,5,8H2,1-4H3,(H2,15,16,17,18,19). The van der Waals surface area contributed by atoms with Gasteiger partial charge in [0.15, 0.2) is 0 Å². The Labute approximate surface area is 129 Å². The van der Waals surface area contributed by atoms with Crippen molar-refractivity contribution in [3.05, 3.63) is 22.4 Å². The van der Waals surface area contributed by atoms with Gasteiger partial charge in [-0.1, -0.05) is 13.0 Å². The fourth-order valence-corrected chi connectivity index (χ4v) is 2.48. The Hall–Kier alpha value is -1.89. The smallest absolute Gasteiger partial charge is 0.231 e. The Balaban J connectivity index is 2.18. The molecule has 7 heteroatoms. The SMILES string of the molecule is CCCNc1nc(NC(C)c2cccs2)nc(N(C)C)n1. The van der Waals surface area contributed by atoms with E-state index in [0.29, 0.717) is 17.8 Å². The molecule has 2 heterocycles. The van der Waals surface area contributed by atoms with Crippen molar-refractivity contribution in [2.24, 2.45) is 0 Å². The van der Waals surface area contributed by atoms with Gasteiger partial charge < -0.3 is 15.5 Å². The summed E-state index contributed by atoms with van der Waals surface area (Å²) < 4.78 is 0. The predicted octanol–water partition coefficient (Wildman–Crippen LogP) is 2.99. The van der Waals surface area contributed by atoms with E-state index in [0.717, 1.165) is 13.0 Å². The minimum Gasteiger partial charge on any atom is -0.354 e. The van der Waals surface area contributed by atoms with Crippen molar-refractivity contribution in [2.75, 3.05) is 36.2 Å². The number of aromatic nitrogens is 3. The number of hydrogen-bond donors (Lipinski definition) is 2. The van der Waals surface area contributed by atoms with E-state index in [2.05, 4.69) is 50.9 Å². The summed E-state index contributed by atoms with van der Waals surface area (Å²) in [5.74, 6) is 1.84. The highest BCUT2D eigenvalue weighted by Gasteiger charge is 2.12. The molecule has 2 aromatic heterocycles. The molecule has 0 saturated carbocycles. The molecule has 1 atom stereocenters. The normalized spacial score (nSPS) is 12.0. The van der Waals surface area contributed by atoms with Gasteiger partial charge in [-0.2, -0.15) is 15.0 Å². The van der Waals surface area contributed by atoms with Crippen LogP contribution in [0.3, 0.4) is 0 Å². The van der Waals surface area contributed by atoms with E-state index in [1.54, 1.807) is 11.3 Å². The fraction of sp³-hybridized carbons (Fsp3) is 0.500. The first-order valence-corrected chi connectivity index (χ1v) is 7.95. The zero-order valence-electron chi connectivity index (χ0n) is 12.9. The molecule has 0 saturated heterocycles. The maximum absolute atomic E-state index is 4.45. The zero-order chi connectivity index (χ0) is 15.2. The second-order valence-electron chi connectivity index (χ2n) is 4.99. The van der Waals surface area contributed by atoms with Crippen LogP contribution in [-0.2, 0) is 0 Å². The maximum atomic E-state index is 4.45. The summed E-state index contributed by atoms with van der Waals surface area (Å²) in [7, 11) is 3.84. The molecular weight excluding hydrogens is 284 g/mol. The van der Waals surface area contributed by atoms with Crippen LogP contribution >= 0.6 is 11.3 Å². The predicted molar refractivity (Wildman–Crippen MR) is 89.3 cm³/mol. The molecule has 114 valence electrons. The number of hydrogen-bond acceptors (Lipinski definition) is 7. The van der Waals surface area contributed by atoms with E-state index in [9.17, 15) is 0 Å². The summed E-state index contributed by atoms with van der Waals surface area (Å²) in [5, 5.41) is 8.62. The van der Waals surface area contributed by atoms with Gasteiger partial charge in [0.2, 0.25) is 17.8 Å². The van der Waals surface area contributed by atoms with E-state index in [4.69, 9.17) is 0 Å². The summed E-state index contributed by atoms with van der Waals surface area (Å²) in [5.41, 5.74) is 0. The molecule has 2 aromatic rings. The van der Waals surface area contributed by atoms with Gasteiger partial charge in [0, 0.05) is 25.5 Å². The van der Waals surface area contributed by atoms with E-state index in [-0.39, 0.29) is 6.04 Å². The molecule has 1 unspecified atom stereocenters. The Morgan fingerprint density at radius 1 is 1.24 bits per heavy atom. The molecule has 0 aliphatic rings. The van der Waals surface area contributed by atoms with E-state index in [1.807, 2.05) is 25.1 Å². The highest BCUT2D eigenvalue weighted by molar-refractivity contribution is 7.10. The summed E-state index contributed by atoms with van der Waals surface area (Å²) in [6.07, 6.45) is 1.03. The third-order valence-electron chi connectivity index (χ3n) is 2.87. The maximum Gasteiger partial charge on any atom is 0.231 e. The van der Waals surface area contributed by atoms with Crippen LogP contribution in [0.25, 0.3) is 0 Å². The van der Waals surface area contributed by atoms with Crippen molar-refractivity contribution < 1.29 is 0 Å². The summed E-state index contributed by atoms with van der Waals surface area (Å²) in [6, 6.07) is 4.32. The highest BCUT2D eigenvalue weighted by atomic mass is 32.1. The van der Waals surface area contributed by atoms with Crippen molar-refractivity contribution in [1.82, 2.24) is 15.0 Å². The van der Waals surface area contributed by atoms with Crippen LogP contribution < -0.4 is 15.5 Å². The lowest BCUT2D eigenvalue weighted by Gasteiger charge is -2.16. The molecule has 2 N–H and O–H groups in total. The Morgan fingerprint density at radius 3 is 2.62 bits per heavy atom. The van der Waals surface area contributed by atoms with Crippen LogP contribution in [0.1, 0.15) is 31.2 Å². The Morgan fingerprint density at radius 2 is 2.00 bits per heavy atom. The van der Waals surface area contributed by atoms with E-state index < -0.39 is 0 Å². The van der Waals surface area contributed by atoms with Crippen LogP contribution in [0.2, 0.25) is 0 Å². The third kappa shape index (κ3) is 4.29. The quantitative estimate of drug-likeness (QED) is 0.820. The lowest BCUT2D eigenvalue weighted by atomic mass is 10.3. The molecule has 0 spiro atoms. The molecule has 0 amide bonds. The molecule has 0 fully saturated rings. The second kappa shape index (κ2) is 7.21. The molecule has 2 rings (SSSR count). The monoisotopic (exact) mass is 306 g/mol. The van der Waals surface area contributed by atoms with Crippen molar-refractivity contribution >= 4 is 29.2 Å². The van der Waals surface area contributed by atoms with Crippen LogP contribution in [0.4, 0.5) is 17.8 Å². The minimum atomic E-state index is 0.168. The first-order chi connectivity index (χ1) is 10.1. The van der Waals surface area contributed by atoms with Gasteiger partial charge in [-0.3, -0.25) is 0 Å². The van der Waals surface area contributed by atoms with E-state index >= 15 is 0 Å². The topological polar surface area (TPSA) is 66.0 Å². The van der Waals surface area contributed by atoms with Gasteiger partial charge in [-0.15, -0.1) is 11.3 Å². The largest absolute Gasteiger partial charge is 0.354 e.